The van der Waals surface area contributed by atoms with Crippen LogP contribution in [0.4, 0.5) is 0 Å². The maximum absolute atomic E-state index is 12.5. The molecule has 2 heterocycles. The van der Waals surface area contributed by atoms with E-state index in [-0.39, 0.29) is 28.8 Å². The number of rotatable bonds is 11. The smallest absolute Gasteiger partial charge is 0.289 e. The van der Waals surface area contributed by atoms with Gasteiger partial charge in [0.2, 0.25) is 0 Å². The molecule has 0 spiro atoms. The van der Waals surface area contributed by atoms with Crippen molar-refractivity contribution in [3.63, 3.8) is 0 Å². The van der Waals surface area contributed by atoms with Crippen LogP contribution in [-0.2, 0) is 37.0 Å². The van der Waals surface area contributed by atoms with Gasteiger partial charge in [0, 0.05) is 50.2 Å². The molecule has 2 aromatic rings. The van der Waals surface area contributed by atoms with Gasteiger partial charge in [0.25, 0.3) is 11.8 Å². The van der Waals surface area contributed by atoms with Crippen molar-refractivity contribution in [1.29, 1.82) is 0 Å². The first-order valence-electron chi connectivity index (χ1n) is 14.3. The predicted molar refractivity (Wildman–Crippen MR) is 160 cm³/mol. The van der Waals surface area contributed by atoms with Crippen molar-refractivity contribution in [2.24, 2.45) is 0 Å². The van der Waals surface area contributed by atoms with E-state index in [2.05, 4.69) is 0 Å². The van der Waals surface area contributed by atoms with Gasteiger partial charge in [-0.3, -0.25) is 19.2 Å². The number of aliphatic hydroxyl groups excluding tert-OH is 1. The van der Waals surface area contributed by atoms with E-state index in [1.807, 2.05) is 48.5 Å². The first-order valence-corrected chi connectivity index (χ1v) is 14.3. The number of hydrogen-bond donors (Lipinski definition) is 1. The largest absolute Gasteiger partial charge is 0.503 e. The molecule has 2 amide bonds. The molecule has 0 aromatic heterocycles. The Labute approximate surface area is 252 Å². The van der Waals surface area contributed by atoms with E-state index in [0.29, 0.717) is 57.4 Å². The molecule has 1 N–H and O–H groups in total. The molecule has 2 aromatic carbocycles. The van der Waals surface area contributed by atoms with Gasteiger partial charge in [-0.1, -0.05) is 38.1 Å². The molecule has 2 aliphatic heterocycles. The van der Waals surface area contributed by atoms with E-state index in [9.17, 15) is 24.3 Å². The molecule has 0 aliphatic carbocycles. The summed E-state index contributed by atoms with van der Waals surface area (Å²) in [6.45, 7) is 5.37. The molecular formula is C33H40N2O8. The Balaban J connectivity index is 0.000000236. The van der Waals surface area contributed by atoms with Crippen molar-refractivity contribution in [2.45, 2.75) is 52.6 Å². The molecule has 230 valence electrons. The van der Waals surface area contributed by atoms with E-state index in [4.69, 9.17) is 14.2 Å². The number of benzene rings is 2. The summed E-state index contributed by atoms with van der Waals surface area (Å²) in [5.41, 5.74) is 2.73. The van der Waals surface area contributed by atoms with E-state index in [0.717, 1.165) is 22.6 Å². The second-order valence-electron chi connectivity index (χ2n) is 10.0. The zero-order valence-corrected chi connectivity index (χ0v) is 25.5. The van der Waals surface area contributed by atoms with Gasteiger partial charge < -0.3 is 29.1 Å². The maximum Gasteiger partial charge on any atom is 0.289 e. The summed E-state index contributed by atoms with van der Waals surface area (Å²) in [6, 6.07) is 15.0. The molecule has 0 atom stereocenters. The number of carbonyl (C=O) groups is 4. The molecular weight excluding hydrogens is 552 g/mol. The number of hydrogen-bond acceptors (Lipinski definition) is 8. The lowest BCUT2D eigenvalue weighted by molar-refractivity contribution is -0.133. The van der Waals surface area contributed by atoms with E-state index >= 15 is 0 Å². The van der Waals surface area contributed by atoms with Gasteiger partial charge in [-0.25, -0.2) is 0 Å². The summed E-state index contributed by atoms with van der Waals surface area (Å²) < 4.78 is 15.4. The van der Waals surface area contributed by atoms with Gasteiger partial charge in [0.15, 0.2) is 23.1 Å². The number of carbonyl (C=O) groups excluding carboxylic acids is 4. The van der Waals surface area contributed by atoms with Crippen LogP contribution < -0.4 is 9.47 Å². The number of nitrogens with zero attached hydrogens (tertiary/aromatic N) is 2. The molecule has 2 aliphatic rings. The third kappa shape index (κ3) is 8.24. The summed E-state index contributed by atoms with van der Waals surface area (Å²) in [4.78, 5) is 51.4. The maximum atomic E-state index is 12.5. The minimum atomic E-state index is -0.478. The zero-order valence-electron chi connectivity index (χ0n) is 25.5. The number of methoxy groups -OCH3 is 3. The minimum absolute atomic E-state index is 0.0192. The summed E-state index contributed by atoms with van der Waals surface area (Å²) in [5, 5.41) is 9.92. The standard InChI is InChI=1S/C17H21NO4.C16H19NO4/c1-4-15(19)14-9-10-18(17(20)16(14)22-3)11-12-5-7-13(21-2)8-6-12;1-3-14(18)13-8-9-17(16(20)15(13)19)10-11-4-6-12(21-2)7-5-11/h5-8H,4,9-11H2,1-3H3;4-7,19H,3,8-10H2,1-2H3. The fraction of sp³-hybridized carbons (Fsp3) is 0.394. The van der Waals surface area contributed by atoms with Gasteiger partial charge >= 0.3 is 0 Å². The number of ketones is 2. The Morgan fingerprint density at radius 1 is 0.674 bits per heavy atom. The topological polar surface area (TPSA) is 123 Å². The van der Waals surface area contributed by atoms with Crippen LogP contribution in [0.5, 0.6) is 11.5 Å². The number of ether oxygens (including phenoxy) is 3. The lowest BCUT2D eigenvalue weighted by atomic mass is 9.99. The monoisotopic (exact) mass is 592 g/mol. The molecule has 10 nitrogen and oxygen atoms in total. The highest BCUT2D eigenvalue weighted by atomic mass is 16.5. The van der Waals surface area contributed by atoms with Crippen molar-refractivity contribution >= 4 is 23.4 Å². The third-order valence-corrected chi connectivity index (χ3v) is 7.38. The van der Waals surface area contributed by atoms with Gasteiger partial charge in [-0.05, 0) is 48.2 Å². The Morgan fingerprint density at radius 2 is 1.09 bits per heavy atom. The van der Waals surface area contributed by atoms with Crippen molar-refractivity contribution < 1.29 is 38.5 Å². The molecule has 0 saturated carbocycles. The van der Waals surface area contributed by atoms with Crippen molar-refractivity contribution in [3.05, 3.63) is 82.3 Å². The Bertz CT molecular complexity index is 1380. The van der Waals surface area contributed by atoms with Crippen molar-refractivity contribution in [2.75, 3.05) is 34.4 Å². The van der Waals surface area contributed by atoms with Crippen LogP contribution in [0.1, 0.15) is 50.7 Å². The van der Waals surface area contributed by atoms with Crippen LogP contribution in [0.3, 0.4) is 0 Å². The highest BCUT2D eigenvalue weighted by molar-refractivity contribution is 6.06. The molecule has 4 rings (SSSR count). The SMILES string of the molecule is CCC(=O)C1=C(O)C(=O)N(Cc2ccc(OC)cc2)CC1.CCC(=O)C1=C(OC)C(=O)N(Cc2ccc(OC)cc2)CC1. The average molecular weight is 593 g/mol. The molecule has 0 bridgehead atoms. The van der Waals surface area contributed by atoms with Crippen LogP contribution in [0.2, 0.25) is 0 Å². The first-order chi connectivity index (χ1) is 20.7. The van der Waals surface area contributed by atoms with Gasteiger partial charge in [0.05, 0.1) is 21.3 Å². The minimum Gasteiger partial charge on any atom is -0.503 e. The number of Topliss-reactive ketones (excluding diaryl/α,β-unsaturated/α-hetero) is 2. The van der Waals surface area contributed by atoms with E-state index in [1.54, 1.807) is 37.9 Å². The van der Waals surface area contributed by atoms with Crippen LogP contribution in [-0.4, -0.2) is 72.7 Å². The summed E-state index contributed by atoms with van der Waals surface area (Å²) in [6.07, 6.45) is 1.62. The summed E-state index contributed by atoms with van der Waals surface area (Å²) in [7, 11) is 4.65. The molecule has 0 saturated heterocycles. The van der Waals surface area contributed by atoms with Gasteiger partial charge in [0.1, 0.15) is 11.5 Å². The first kappa shape index (κ1) is 32.9. The Hall–Kier alpha value is -4.60. The fourth-order valence-corrected chi connectivity index (χ4v) is 4.86. The van der Waals surface area contributed by atoms with Crippen LogP contribution >= 0.6 is 0 Å². The average Bonchev–Trinajstić information content (AvgIpc) is 3.04. The Kier molecular flexibility index (Phi) is 11.9. The quantitative estimate of drug-likeness (QED) is 0.404. The molecule has 10 heteroatoms. The van der Waals surface area contributed by atoms with E-state index in [1.165, 1.54) is 7.11 Å². The van der Waals surface area contributed by atoms with Crippen molar-refractivity contribution in [1.82, 2.24) is 9.80 Å². The van der Waals surface area contributed by atoms with Crippen LogP contribution in [0.15, 0.2) is 71.2 Å². The lowest BCUT2D eigenvalue weighted by Gasteiger charge is -2.29. The molecule has 43 heavy (non-hydrogen) atoms. The normalized spacial score (nSPS) is 15.2. The van der Waals surface area contributed by atoms with Crippen LogP contribution in [0.25, 0.3) is 0 Å². The summed E-state index contributed by atoms with van der Waals surface area (Å²) >= 11 is 0. The number of amides is 2. The fourth-order valence-electron chi connectivity index (χ4n) is 4.86. The molecule has 0 unspecified atom stereocenters. The van der Waals surface area contributed by atoms with Crippen molar-refractivity contribution in [3.8, 4) is 11.5 Å². The molecule has 0 radical (unpaired) electrons. The lowest BCUT2D eigenvalue weighted by Crippen LogP contribution is -2.38. The highest BCUT2D eigenvalue weighted by Crippen LogP contribution is 2.24. The molecule has 0 fully saturated rings. The number of aliphatic hydroxyl groups is 1. The van der Waals surface area contributed by atoms with Gasteiger partial charge in [-0.2, -0.15) is 0 Å². The van der Waals surface area contributed by atoms with Crippen LogP contribution in [0, 0.1) is 0 Å². The van der Waals surface area contributed by atoms with E-state index < -0.39 is 11.7 Å². The second kappa shape index (κ2) is 15.6. The summed E-state index contributed by atoms with van der Waals surface area (Å²) in [5.74, 6) is 0.437. The Morgan fingerprint density at radius 3 is 1.51 bits per heavy atom. The second-order valence-corrected chi connectivity index (χ2v) is 10.0. The van der Waals surface area contributed by atoms with Gasteiger partial charge in [-0.15, -0.1) is 0 Å². The zero-order chi connectivity index (χ0) is 31.5. The highest BCUT2D eigenvalue weighted by Gasteiger charge is 2.31. The third-order valence-electron chi connectivity index (χ3n) is 7.38. The predicted octanol–water partition coefficient (Wildman–Crippen LogP) is 4.53.